The molecule has 86 valence electrons. The average molecular weight is 226 g/mol. The molecule has 0 bridgehead atoms. The number of nitrogens with one attached hydrogen (secondary N) is 1. The van der Waals surface area contributed by atoms with Crippen LogP contribution in [0.3, 0.4) is 0 Å². The number of rotatable bonds is 1. The molecule has 3 rings (SSSR count). The zero-order chi connectivity index (χ0) is 11.7. The number of pyridine rings is 1. The Bertz CT molecular complexity index is 551. The minimum Gasteiger partial charge on any atom is -0.312 e. The molecule has 0 unspecified atom stereocenters. The molecular formula is C13H14N4. The van der Waals surface area contributed by atoms with Gasteiger partial charge >= 0.3 is 0 Å². The van der Waals surface area contributed by atoms with E-state index in [2.05, 4.69) is 20.3 Å². The lowest BCUT2D eigenvalue weighted by molar-refractivity contribution is 0.626. The minimum absolute atomic E-state index is 0.731. The fourth-order valence-electron chi connectivity index (χ4n) is 2.03. The summed E-state index contributed by atoms with van der Waals surface area (Å²) < 4.78 is 0. The van der Waals surface area contributed by atoms with Crippen LogP contribution in [0.2, 0.25) is 0 Å². The molecule has 0 spiro atoms. The van der Waals surface area contributed by atoms with E-state index in [0.717, 1.165) is 42.4 Å². The zero-order valence-electron chi connectivity index (χ0n) is 9.77. The summed E-state index contributed by atoms with van der Waals surface area (Å²) in [6, 6.07) is 5.92. The molecule has 4 nitrogen and oxygen atoms in total. The highest BCUT2D eigenvalue weighted by atomic mass is 15.0. The Morgan fingerprint density at radius 2 is 2.18 bits per heavy atom. The first-order valence-electron chi connectivity index (χ1n) is 5.82. The van der Waals surface area contributed by atoms with Crippen LogP contribution in [0.5, 0.6) is 0 Å². The number of aryl methyl sites for hydroxylation is 1. The maximum atomic E-state index is 4.61. The summed E-state index contributed by atoms with van der Waals surface area (Å²) in [6.07, 6.45) is 2.88. The van der Waals surface area contributed by atoms with E-state index >= 15 is 0 Å². The molecule has 2 aromatic heterocycles. The summed E-state index contributed by atoms with van der Waals surface area (Å²) >= 11 is 0. The van der Waals surface area contributed by atoms with E-state index in [0.29, 0.717) is 0 Å². The van der Waals surface area contributed by atoms with Gasteiger partial charge in [0.05, 0.1) is 5.69 Å². The second kappa shape index (κ2) is 4.22. The molecule has 0 radical (unpaired) electrons. The van der Waals surface area contributed by atoms with E-state index in [1.807, 2.05) is 31.3 Å². The van der Waals surface area contributed by atoms with Gasteiger partial charge in [-0.15, -0.1) is 0 Å². The van der Waals surface area contributed by atoms with Gasteiger partial charge in [-0.2, -0.15) is 0 Å². The summed E-state index contributed by atoms with van der Waals surface area (Å²) in [7, 11) is 0. The molecule has 17 heavy (non-hydrogen) atoms. The zero-order valence-corrected chi connectivity index (χ0v) is 9.77. The lowest BCUT2D eigenvalue weighted by Gasteiger charge is -2.15. The number of fused-ring (bicyclic) bond motifs is 1. The average Bonchev–Trinajstić information content (AvgIpc) is 2.38. The normalized spacial score (nSPS) is 14.4. The maximum absolute atomic E-state index is 4.61. The largest absolute Gasteiger partial charge is 0.312 e. The van der Waals surface area contributed by atoms with Crippen LogP contribution in [0.4, 0.5) is 0 Å². The lowest BCUT2D eigenvalue weighted by atomic mass is 10.1. The first-order valence-corrected chi connectivity index (χ1v) is 5.82. The van der Waals surface area contributed by atoms with Gasteiger partial charge in [0.15, 0.2) is 5.82 Å². The number of nitrogens with zero attached hydrogens (tertiary/aromatic N) is 3. The van der Waals surface area contributed by atoms with Crippen molar-refractivity contribution in [1.29, 1.82) is 0 Å². The van der Waals surface area contributed by atoms with Crippen LogP contribution < -0.4 is 5.32 Å². The van der Waals surface area contributed by atoms with E-state index in [-0.39, 0.29) is 0 Å². The van der Waals surface area contributed by atoms with Crippen LogP contribution >= 0.6 is 0 Å². The topological polar surface area (TPSA) is 50.7 Å². The van der Waals surface area contributed by atoms with Crippen molar-refractivity contribution in [2.75, 3.05) is 6.54 Å². The van der Waals surface area contributed by atoms with E-state index in [1.54, 1.807) is 0 Å². The van der Waals surface area contributed by atoms with Crippen LogP contribution in [0, 0.1) is 6.92 Å². The van der Waals surface area contributed by atoms with Gasteiger partial charge in [-0.1, -0.05) is 6.07 Å². The minimum atomic E-state index is 0.731. The molecule has 0 aromatic carbocycles. The maximum Gasteiger partial charge on any atom is 0.178 e. The van der Waals surface area contributed by atoms with Crippen molar-refractivity contribution in [3.05, 3.63) is 41.3 Å². The Hall–Kier alpha value is -1.81. The van der Waals surface area contributed by atoms with Gasteiger partial charge in [-0.25, -0.2) is 15.0 Å². The lowest BCUT2D eigenvalue weighted by Crippen LogP contribution is -2.25. The van der Waals surface area contributed by atoms with Gasteiger partial charge in [-0.05, 0) is 19.1 Å². The van der Waals surface area contributed by atoms with Gasteiger partial charge in [0.1, 0.15) is 5.69 Å². The first kappa shape index (κ1) is 10.4. The van der Waals surface area contributed by atoms with Crippen molar-refractivity contribution in [2.24, 2.45) is 0 Å². The predicted octanol–water partition coefficient (Wildman–Crippen LogP) is 1.49. The molecule has 0 saturated heterocycles. The molecule has 1 aliphatic rings. The fraction of sp³-hybridized carbons (Fsp3) is 0.308. The third-order valence-electron chi connectivity index (χ3n) is 2.93. The third kappa shape index (κ3) is 2.03. The van der Waals surface area contributed by atoms with E-state index in [4.69, 9.17) is 0 Å². The predicted molar refractivity (Wildman–Crippen MR) is 65.4 cm³/mol. The highest BCUT2D eigenvalue weighted by Gasteiger charge is 2.12. The van der Waals surface area contributed by atoms with Crippen molar-refractivity contribution in [3.63, 3.8) is 0 Å². The second-order valence-corrected chi connectivity index (χ2v) is 4.26. The standard InChI is InChI=1S/C13H14N4/c1-9-3-2-4-12(16-9)13-15-8-10-7-14-6-5-11(10)17-13/h2-4,8,14H,5-7H2,1H3. The molecule has 0 fully saturated rings. The SMILES string of the molecule is Cc1cccc(-c2ncc3c(n2)CCNC3)n1. The molecule has 0 aliphatic carbocycles. The van der Waals surface area contributed by atoms with Crippen LogP contribution in [-0.4, -0.2) is 21.5 Å². The van der Waals surface area contributed by atoms with E-state index in [1.165, 1.54) is 5.56 Å². The number of hydrogen-bond donors (Lipinski definition) is 1. The number of hydrogen-bond acceptors (Lipinski definition) is 4. The van der Waals surface area contributed by atoms with Crippen molar-refractivity contribution in [2.45, 2.75) is 19.9 Å². The van der Waals surface area contributed by atoms with Crippen molar-refractivity contribution in [1.82, 2.24) is 20.3 Å². The quantitative estimate of drug-likeness (QED) is 0.800. The second-order valence-electron chi connectivity index (χ2n) is 4.26. The Labute approximate surface area is 100 Å². The van der Waals surface area contributed by atoms with Crippen LogP contribution in [0.15, 0.2) is 24.4 Å². The molecule has 0 amide bonds. The Morgan fingerprint density at radius 3 is 3.06 bits per heavy atom. The Kier molecular flexibility index (Phi) is 2.57. The first-order chi connectivity index (χ1) is 8.33. The van der Waals surface area contributed by atoms with Gasteiger partial charge < -0.3 is 5.32 Å². The summed E-state index contributed by atoms with van der Waals surface area (Å²) in [5, 5.41) is 3.31. The summed E-state index contributed by atoms with van der Waals surface area (Å²) in [6.45, 7) is 3.84. The fourth-order valence-corrected chi connectivity index (χ4v) is 2.03. The Morgan fingerprint density at radius 1 is 1.24 bits per heavy atom. The van der Waals surface area contributed by atoms with Crippen LogP contribution in [-0.2, 0) is 13.0 Å². The van der Waals surface area contributed by atoms with Crippen LogP contribution in [0.25, 0.3) is 11.5 Å². The molecular weight excluding hydrogens is 212 g/mol. The van der Waals surface area contributed by atoms with Crippen LogP contribution in [0.1, 0.15) is 17.0 Å². The molecule has 1 N–H and O–H groups in total. The summed E-state index contributed by atoms with van der Waals surface area (Å²) in [4.78, 5) is 13.5. The molecule has 2 aromatic rings. The van der Waals surface area contributed by atoms with Crippen molar-refractivity contribution in [3.8, 4) is 11.5 Å². The van der Waals surface area contributed by atoms with Gasteiger partial charge in [0.2, 0.25) is 0 Å². The summed E-state index contributed by atoms with van der Waals surface area (Å²) in [5.41, 5.74) is 4.20. The highest BCUT2D eigenvalue weighted by Crippen LogP contribution is 2.16. The Balaban J connectivity index is 2.04. The molecule has 3 heterocycles. The third-order valence-corrected chi connectivity index (χ3v) is 2.93. The molecule has 0 atom stereocenters. The van der Waals surface area contributed by atoms with E-state index < -0.39 is 0 Å². The van der Waals surface area contributed by atoms with Gasteiger partial charge in [-0.3, -0.25) is 0 Å². The van der Waals surface area contributed by atoms with Gasteiger partial charge in [0, 0.05) is 37.0 Å². The van der Waals surface area contributed by atoms with Crippen molar-refractivity contribution < 1.29 is 0 Å². The smallest absolute Gasteiger partial charge is 0.178 e. The molecule has 4 heteroatoms. The molecule has 1 aliphatic heterocycles. The van der Waals surface area contributed by atoms with E-state index in [9.17, 15) is 0 Å². The summed E-state index contributed by atoms with van der Waals surface area (Å²) in [5.74, 6) is 0.731. The highest BCUT2D eigenvalue weighted by molar-refractivity contribution is 5.49. The van der Waals surface area contributed by atoms with Gasteiger partial charge in [0.25, 0.3) is 0 Å². The molecule has 0 saturated carbocycles. The van der Waals surface area contributed by atoms with Crippen molar-refractivity contribution >= 4 is 0 Å². The number of aromatic nitrogens is 3. The monoisotopic (exact) mass is 226 g/mol.